The van der Waals surface area contributed by atoms with Crippen LogP contribution in [0.5, 0.6) is 0 Å². The minimum absolute atomic E-state index is 0.0200. The van der Waals surface area contributed by atoms with E-state index in [0.29, 0.717) is 18.7 Å². The SMILES string of the molecule is Cc1ccsc1CN(C)CCC(=O)Nc1ccc(S(N)(=O)=O)cc1. The first kappa shape index (κ1) is 18.6. The molecule has 0 unspecified atom stereocenters. The average molecular weight is 367 g/mol. The van der Waals surface area contributed by atoms with Crippen molar-refractivity contribution in [3.8, 4) is 0 Å². The lowest BCUT2D eigenvalue weighted by Gasteiger charge is -2.16. The van der Waals surface area contributed by atoms with Crippen LogP contribution in [0.15, 0.2) is 40.6 Å². The zero-order valence-corrected chi connectivity index (χ0v) is 15.3. The molecule has 6 nitrogen and oxygen atoms in total. The maximum Gasteiger partial charge on any atom is 0.238 e. The summed E-state index contributed by atoms with van der Waals surface area (Å²) in [5.74, 6) is -0.117. The van der Waals surface area contributed by atoms with Gasteiger partial charge in [0, 0.05) is 30.1 Å². The summed E-state index contributed by atoms with van der Waals surface area (Å²) in [6, 6.07) is 7.88. The predicted molar refractivity (Wildman–Crippen MR) is 96.5 cm³/mol. The van der Waals surface area contributed by atoms with E-state index in [2.05, 4.69) is 28.6 Å². The molecule has 8 heteroatoms. The van der Waals surface area contributed by atoms with E-state index in [9.17, 15) is 13.2 Å². The monoisotopic (exact) mass is 367 g/mol. The van der Waals surface area contributed by atoms with Crippen molar-refractivity contribution in [3.05, 3.63) is 46.2 Å². The number of nitrogens with two attached hydrogens (primary N) is 1. The van der Waals surface area contributed by atoms with Crippen molar-refractivity contribution in [2.24, 2.45) is 5.14 Å². The Kier molecular flexibility index (Phi) is 6.11. The Balaban J connectivity index is 1.82. The second-order valence-electron chi connectivity index (χ2n) is 5.63. The van der Waals surface area contributed by atoms with Crippen LogP contribution < -0.4 is 10.5 Å². The van der Waals surface area contributed by atoms with Crippen LogP contribution in [-0.2, 0) is 21.4 Å². The maximum absolute atomic E-state index is 12.0. The van der Waals surface area contributed by atoms with Gasteiger partial charge in [-0.3, -0.25) is 4.79 Å². The number of hydrogen-bond acceptors (Lipinski definition) is 5. The number of aryl methyl sites for hydroxylation is 1. The number of thiophene rings is 1. The molecular formula is C16H21N3O3S2. The number of nitrogens with one attached hydrogen (secondary N) is 1. The summed E-state index contributed by atoms with van der Waals surface area (Å²) >= 11 is 1.72. The molecule has 2 rings (SSSR count). The molecule has 3 N–H and O–H groups in total. The van der Waals surface area contributed by atoms with Crippen LogP contribution in [-0.4, -0.2) is 32.8 Å². The molecule has 0 fully saturated rings. The van der Waals surface area contributed by atoms with Crippen molar-refractivity contribution in [2.45, 2.75) is 24.8 Å². The number of amides is 1. The molecule has 1 aromatic carbocycles. The number of primary sulfonamides is 1. The van der Waals surface area contributed by atoms with Gasteiger partial charge in [0.05, 0.1) is 4.90 Å². The fraction of sp³-hybridized carbons (Fsp3) is 0.312. The van der Waals surface area contributed by atoms with Gasteiger partial charge >= 0.3 is 0 Å². The van der Waals surface area contributed by atoms with Crippen LogP contribution >= 0.6 is 11.3 Å². The van der Waals surface area contributed by atoms with Crippen LogP contribution in [0.4, 0.5) is 5.69 Å². The minimum atomic E-state index is -3.72. The highest BCUT2D eigenvalue weighted by molar-refractivity contribution is 7.89. The van der Waals surface area contributed by atoms with Crippen LogP contribution in [0, 0.1) is 6.92 Å². The maximum atomic E-state index is 12.0. The first-order valence-corrected chi connectivity index (χ1v) is 9.82. The van der Waals surface area contributed by atoms with Gasteiger partial charge < -0.3 is 10.2 Å². The van der Waals surface area contributed by atoms with Gasteiger partial charge in [-0.05, 0) is 55.2 Å². The Morgan fingerprint density at radius 1 is 1.25 bits per heavy atom. The second-order valence-corrected chi connectivity index (χ2v) is 8.19. The molecule has 130 valence electrons. The lowest BCUT2D eigenvalue weighted by Crippen LogP contribution is -2.24. The number of carbonyl (C=O) groups is 1. The fourth-order valence-corrected chi connectivity index (χ4v) is 3.63. The van der Waals surface area contributed by atoms with Crippen LogP contribution in [0.25, 0.3) is 0 Å². The smallest absolute Gasteiger partial charge is 0.238 e. The summed E-state index contributed by atoms with van der Waals surface area (Å²) in [6.07, 6.45) is 0.359. The summed E-state index contributed by atoms with van der Waals surface area (Å²) in [7, 11) is -1.74. The van der Waals surface area contributed by atoms with E-state index in [-0.39, 0.29) is 10.8 Å². The number of carbonyl (C=O) groups excluding carboxylic acids is 1. The molecule has 24 heavy (non-hydrogen) atoms. The highest BCUT2D eigenvalue weighted by Crippen LogP contribution is 2.17. The molecule has 0 saturated carbocycles. The molecule has 0 spiro atoms. The standard InChI is InChI=1S/C16H21N3O3S2/c1-12-8-10-23-15(12)11-19(2)9-7-16(20)18-13-3-5-14(6-4-13)24(17,21)22/h3-6,8,10H,7,9,11H2,1-2H3,(H,18,20)(H2,17,21,22). The van der Waals surface area contributed by atoms with E-state index in [1.807, 2.05) is 7.05 Å². The van der Waals surface area contributed by atoms with Gasteiger partial charge in [-0.15, -0.1) is 11.3 Å². The van der Waals surface area contributed by atoms with Gasteiger partial charge in [0.25, 0.3) is 0 Å². The zero-order valence-electron chi connectivity index (χ0n) is 13.7. The number of benzene rings is 1. The molecule has 1 heterocycles. The van der Waals surface area contributed by atoms with Crippen molar-refractivity contribution >= 4 is 33.0 Å². The minimum Gasteiger partial charge on any atom is -0.326 e. The Morgan fingerprint density at radius 2 is 1.92 bits per heavy atom. The Hall–Kier alpha value is -1.74. The fourth-order valence-electron chi connectivity index (χ4n) is 2.13. The van der Waals surface area contributed by atoms with Gasteiger partial charge in [0.1, 0.15) is 0 Å². The number of sulfonamides is 1. The van der Waals surface area contributed by atoms with Crippen molar-refractivity contribution < 1.29 is 13.2 Å². The van der Waals surface area contributed by atoms with Gasteiger partial charge in [0.15, 0.2) is 0 Å². The van der Waals surface area contributed by atoms with E-state index < -0.39 is 10.0 Å². The molecule has 0 radical (unpaired) electrons. The topological polar surface area (TPSA) is 92.5 Å². The third-order valence-corrected chi connectivity index (χ3v) is 5.51. The Morgan fingerprint density at radius 3 is 2.46 bits per heavy atom. The van der Waals surface area contributed by atoms with Gasteiger partial charge in [0.2, 0.25) is 15.9 Å². The van der Waals surface area contributed by atoms with Crippen molar-refractivity contribution in [3.63, 3.8) is 0 Å². The normalized spacial score (nSPS) is 11.7. The van der Waals surface area contributed by atoms with Gasteiger partial charge in [-0.1, -0.05) is 0 Å². The highest BCUT2D eigenvalue weighted by Gasteiger charge is 2.10. The van der Waals surface area contributed by atoms with Crippen molar-refractivity contribution in [1.82, 2.24) is 4.90 Å². The van der Waals surface area contributed by atoms with Gasteiger partial charge in [-0.2, -0.15) is 0 Å². The van der Waals surface area contributed by atoms with Gasteiger partial charge in [-0.25, -0.2) is 13.6 Å². The molecule has 0 bridgehead atoms. The molecule has 0 saturated heterocycles. The number of rotatable bonds is 7. The first-order valence-electron chi connectivity index (χ1n) is 7.40. The Bertz CT molecular complexity index is 798. The lowest BCUT2D eigenvalue weighted by atomic mass is 10.2. The number of hydrogen-bond donors (Lipinski definition) is 2. The van der Waals surface area contributed by atoms with Crippen LogP contribution in [0.3, 0.4) is 0 Å². The van der Waals surface area contributed by atoms with E-state index in [4.69, 9.17) is 5.14 Å². The largest absolute Gasteiger partial charge is 0.326 e. The van der Waals surface area contributed by atoms with Crippen molar-refractivity contribution in [2.75, 3.05) is 18.9 Å². The molecule has 0 aliphatic carbocycles. The third kappa shape index (κ3) is 5.41. The van der Waals surface area contributed by atoms with Crippen LogP contribution in [0.2, 0.25) is 0 Å². The van der Waals surface area contributed by atoms with Crippen LogP contribution in [0.1, 0.15) is 16.9 Å². The third-order valence-electron chi connectivity index (χ3n) is 3.57. The summed E-state index contributed by atoms with van der Waals surface area (Å²) in [5.41, 5.74) is 1.82. The molecule has 1 amide bonds. The quantitative estimate of drug-likeness (QED) is 0.784. The number of nitrogens with zero attached hydrogens (tertiary/aromatic N) is 1. The van der Waals surface area contributed by atoms with E-state index in [1.165, 1.54) is 34.7 Å². The lowest BCUT2D eigenvalue weighted by molar-refractivity contribution is -0.116. The zero-order chi connectivity index (χ0) is 17.7. The molecule has 1 aromatic heterocycles. The summed E-state index contributed by atoms with van der Waals surface area (Å²) in [5, 5.41) is 9.85. The summed E-state index contributed by atoms with van der Waals surface area (Å²) < 4.78 is 22.4. The highest BCUT2D eigenvalue weighted by atomic mass is 32.2. The number of anilines is 1. The average Bonchev–Trinajstić information content (AvgIpc) is 2.90. The molecule has 0 aliphatic heterocycles. The first-order chi connectivity index (χ1) is 11.3. The second kappa shape index (κ2) is 7.89. The van der Waals surface area contributed by atoms with Crippen molar-refractivity contribution in [1.29, 1.82) is 0 Å². The van der Waals surface area contributed by atoms with E-state index in [0.717, 1.165) is 6.54 Å². The summed E-state index contributed by atoms with van der Waals surface area (Å²) in [4.78, 5) is 15.4. The predicted octanol–water partition coefficient (Wildman–Crippen LogP) is 2.16. The Labute approximate surface area is 146 Å². The molecule has 0 atom stereocenters. The molecule has 2 aromatic rings. The van der Waals surface area contributed by atoms with E-state index >= 15 is 0 Å². The molecule has 0 aliphatic rings. The van der Waals surface area contributed by atoms with E-state index in [1.54, 1.807) is 11.3 Å². The molecular weight excluding hydrogens is 346 g/mol. The summed E-state index contributed by atoms with van der Waals surface area (Å²) in [6.45, 7) is 3.54.